The predicted molar refractivity (Wildman–Crippen MR) is 59.2 cm³/mol. The van der Waals surface area contributed by atoms with Gasteiger partial charge in [-0.15, -0.1) is 0 Å². The van der Waals surface area contributed by atoms with Crippen molar-refractivity contribution in [3.63, 3.8) is 0 Å². The van der Waals surface area contributed by atoms with Gasteiger partial charge in [0.1, 0.15) is 18.1 Å². The van der Waals surface area contributed by atoms with Crippen molar-refractivity contribution in [1.82, 2.24) is 5.16 Å². The molecule has 16 heavy (non-hydrogen) atoms. The van der Waals surface area contributed by atoms with Crippen LogP contribution in [0, 0.1) is 6.92 Å². The van der Waals surface area contributed by atoms with Crippen molar-refractivity contribution in [2.75, 3.05) is 7.11 Å². The third-order valence-electron chi connectivity index (χ3n) is 2.35. The molecule has 0 aliphatic carbocycles. The zero-order valence-corrected chi connectivity index (χ0v) is 9.23. The minimum absolute atomic E-state index is 0.152. The molecule has 84 valence electrons. The van der Waals surface area contributed by atoms with E-state index < -0.39 is 0 Å². The Hall–Kier alpha value is -1.81. The first-order valence-electron chi connectivity index (χ1n) is 4.96. The van der Waals surface area contributed by atoms with Gasteiger partial charge in [-0.3, -0.25) is 0 Å². The Bertz CT molecular complexity index is 491. The van der Waals surface area contributed by atoms with Gasteiger partial charge >= 0.3 is 0 Å². The normalized spacial score (nSPS) is 10.4. The average molecular weight is 219 g/mol. The number of hydrogen-bond acceptors (Lipinski definition) is 4. The van der Waals surface area contributed by atoms with Crippen LogP contribution in [0.1, 0.15) is 11.3 Å². The summed E-state index contributed by atoms with van der Waals surface area (Å²) in [6.45, 7) is 1.84. The minimum Gasteiger partial charge on any atom is -0.496 e. The van der Waals surface area contributed by atoms with Crippen molar-refractivity contribution in [2.45, 2.75) is 13.5 Å². The zero-order valence-electron chi connectivity index (χ0n) is 9.23. The lowest BCUT2D eigenvalue weighted by Crippen LogP contribution is -1.88. The van der Waals surface area contributed by atoms with Gasteiger partial charge in [0, 0.05) is 11.6 Å². The minimum atomic E-state index is -0.152. The second kappa shape index (κ2) is 4.37. The molecule has 0 saturated heterocycles. The van der Waals surface area contributed by atoms with Gasteiger partial charge in [0.15, 0.2) is 5.76 Å². The number of nitrogens with zero attached hydrogens (tertiary/aromatic N) is 1. The number of aryl methyl sites for hydroxylation is 1. The van der Waals surface area contributed by atoms with Crippen LogP contribution in [0.5, 0.6) is 5.75 Å². The van der Waals surface area contributed by atoms with E-state index in [1.807, 2.05) is 25.1 Å². The molecule has 0 atom stereocenters. The Morgan fingerprint density at radius 1 is 1.38 bits per heavy atom. The molecule has 0 fully saturated rings. The molecular weight excluding hydrogens is 206 g/mol. The van der Waals surface area contributed by atoms with Gasteiger partial charge in [0.2, 0.25) is 0 Å². The summed E-state index contributed by atoms with van der Waals surface area (Å²) < 4.78 is 10.2. The van der Waals surface area contributed by atoms with Crippen LogP contribution in [0.4, 0.5) is 0 Å². The van der Waals surface area contributed by atoms with Crippen LogP contribution >= 0.6 is 0 Å². The maximum absolute atomic E-state index is 8.91. The molecule has 4 heteroatoms. The van der Waals surface area contributed by atoms with E-state index in [2.05, 4.69) is 5.16 Å². The second-order valence-electron chi connectivity index (χ2n) is 3.54. The van der Waals surface area contributed by atoms with Gasteiger partial charge in [0.05, 0.1) is 7.11 Å². The number of ether oxygens (including phenoxy) is 1. The summed E-state index contributed by atoms with van der Waals surface area (Å²) in [4.78, 5) is 0. The number of benzene rings is 1. The molecule has 1 N–H and O–H groups in total. The van der Waals surface area contributed by atoms with E-state index in [0.717, 1.165) is 16.9 Å². The summed E-state index contributed by atoms with van der Waals surface area (Å²) in [5.74, 6) is 1.18. The SMILES string of the molecule is COc1ccc(C)cc1-c1cc(CO)on1. The van der Waals surface area contributed by atoms with Crippen molar-refractivity contribution in [1.29, 1.82) is 0 Å². The first-order valence-corrected chi connectivity index (χ1v) is 4.96. The highest BCUT2D eigenvalue weighted by atomic mass is 16.5. The summed E-state index contributed by atoms with van der Waals surface area (Å²) >= 11 is 0. The third kappa shape index (κ3) is 1.92. The molecule has 1 aromatic carbocycles. The van der Waals surface area contributed by atoms with Gasteiger partial charge in [-0.1, -0.05) is 16.8 Å². The fourth-order valence-electron chi connectivity index (χ4n) is 1.54. The molecule has 0 bridgehead atoms. The smallest absolute Gasteiger partial charge is 0.162 e. The summed E-state index contributed by atoms with van der Waals surface area (Å²) in [6, 6.07) is 7.53. The lowest BCUT2D eigenvalue weighted by molar-refractivity contribution is 0.229. The van der Waals surface area contributed by atoms with Crippen molar-refractivity contribution >= 4 is 0 Å². The number of methoxy groups -OCH3 is 1. The number of rotatable bonds is 3. The number of aliphatic hydroxyl groups is 1. The molecule has 4 nitrogen and oxygen atoms in total. The molecule has 0 spiro atoms. The highest BCUT2D eigenvalue weighted by Gasteiger charge is 2.11. The summed E-state index contributed by atoms with van der Waals surface area (Å²) in [5, 5.41) is 12.8. The molecule has 2 rings (SSSR count). The van der Waals surface area contributed by atoms with E-state index >= 15 is 0 Å². The van der Waals surface area contributed by atoms with E-state index in [4.69, 9.17) is 14.4 Å². The Morgan fingerprint density at radius 3 is 2.81 bits per heavy atom. The Balaban J connectivity index is 2.49. The van der Waals surface area contributed by atoms with E-state index in [-0.39, 0.29) is 6.61 Å². The Labute approximate surface area is 93.5 Å². The zero-order chi connectivity index (χ0) is 11.5. The van der Waals surface area contributed by atoms with Crippen LogP contribution in [-0.4, -0.2) is 17.4 Å². The average Bonchev–Trinajstić information content (AvgIpc) is 2.77. The second-order valence-corrected chi connectivity index (χ2v) is 3.54. The molecule has 2 aromatic rings. The fraction of sp³-hybridized carbons (Fsp3) is 0.250. The van der Waals surface area contributed by atoms with Crippen LogP contribution < -0.4 is 4.74 Å². The third-order valence-corrected chi connectivity index (χ3v) is 2.35. The van der Waals surface area contributed by atoms with Crippen LogP contribution in [0.3, 0.4) is 0 Å². The molecule has 0 radical (unpaired) electrons. The van der Waals surface area contributed by atoms with Gasteiger partial charge in [-0.05, 0) is 19.1 Å². The topological polar surface area (TPSA) is 55.5 Å². The van der Waals surface area contributed by atoms with Crippen molar-refractivity contribution in [2.24, 2.45) is 0 Å². The molecule has 0 aliphatic heterocycles. The van der Waals surface area contributed by atoms with Gasteiger partial charge in [-0.25, -0.2) is 0 Å². The fourth-order valence-corrected chi connectivity index (χ4v) is 1.54. The summed E-state index contributed by atoms with van der Waals surface area (Å²) in [7, 11) is 1.61. The van der Waals surface area contributed by atoms with Crippen molar-refractivity contribution < 1.29 is 14.4 Å². The quantitative estimate of drug-likeness (QED) is 0.859. The molecule has 0 unspecified atom stereocenters. The van der Waals surface area contributed by atoms with Crippen LogP contribution in [0.15, 0.2) is 28.8 Å². The van der Waals surface area contributed by atoms with E-state index in [1.54, 1.807) is 13.2 Å². The van der Waals surface area contributed by atoms with Gasteiger partial charge in [0.25, 0.3) is 0 Å². The predicted octanol–water partition coefficient (Wildman–Crippen LogP) is 2.15. The lowest BCUT2D eigenvalue weighted by Gasteiger charge is -2.06. The Morgan fingerprint density at radius 2 is 2.19 bits per heavy atom. The number of aromatic nitrogens is 1. The molecule has 0 amide bonds. The lowest BCUT2D eigenvalue weighted by atomic mass is 10.1. The molecule has 0 saturated carbocycles. The van der Waals surface area contributed by atoms with Gasteiger partial charge in [-0.2, -0.15) is 0 Å². The first kappa shape index (κ1) is 10.7. The summed E-state index contributed by atoms with van der Waals surface area (Å²) in [5.41, 5.74) is 2.65. The molecule has 0 aliphatic rings. The van der Waals surface area contributed by atoms with Gasteiger partial charge < -0.3 is 14.4 Å². The van der Waals surface area contributed by atoms with E-state index in [0.29, 0.717) is 11.5 Å². The number of hydrogen-bond donors (Lipinski definition) is 1. The standard InChI is InChI=1S/C12H13NO3/c1-8-3-4-12(15-2)10(5-8)11-6-9(7-14)16-13-11/h3-6,14H,7H2,1-2H3. The van der Waals surface area contributed by atoms with Crippen molar-refractivity contribution in [3.8, 4) is 17.0 Å². The van der Waals surface area contributed by atoms with E-state index in [9.17, 15) is 0 Å². The highest BCUT2D eigenvalue weighted by Crippen LogP contribution is 2.30. The Kier molecular flexibility index (Phi) is 2.92. The number of aliphatic hydroxyl groups excluding tert-OH is 1. The monoisotopic (exact) mass is 219 g/mol. The van der Waals surface area contributed by atoms with Crippen molar-refractivity contribution in [3.05, 3.63) is 35.6 Å². The van der Waals surface area contributed by atoms with Crippen LogP contribution in [0.25, 0.3) is 11.3 Å². The van der Waals surface area contributed by atoms with Crippen LogP contribution in [-0.2, 0) is 6.61 Å². The highest BCUT2D eigenvalue weighted by molar-refractivity contribution is 5.67. The largest absolute Gasteiger partial charge is 0.496 e. The maximum atomic E-state index is 8.91. The summed E-state index contributed by atoms with van der Waals surface area (Å²) in [6.07, 6.45) is 0. The molecular formula is C12H13NO3. The molecule has 1 aromatic heterocycles. The van der Waals surface area contributed by atoms with Crippen LogP contribution in [0.2, 0.25) is 0 Å². The van der Waals surface area contributed by atoms with E-state index in [1.165, 1.54) is 0 Å². The first-order chi connectivity index (χ1) is 7.74. The molecule has 1 heterocycles. The maximum Gasteiger partial charge on any atom is 0.162 e.